The SMILES string of the molecule is CN1c2ccccc2C(C)(C)C12C=Nc1c(ccc3ccc(OCC4CO4)cc13)O2. The third-order valence-corrected chi connectivity index (χ3v) is 6.73. The maximum Gasteiger partial charge on any atom is 0.228 e. The van der Waals surface area contributed by atoms with Gasteiger partial charge in [-0.25, -0.2) is 0 Å². The highest BCUT2D eigenvalue weighted by atomic mass is 16.6. The minimum Gasteiger partial charge on any atom is -0.491 e. The summed E-state index contributed by atoms with van der Waals surface area (Å²) in [4.78, 5) is 7.16. The zero-order valence-corrected chi connectivity index (χ0v) is 17.4. The van der Waals surface area contributed by atoms with E-state index in [4.69, 9.17) is 19.2 Å². The van der Waals surface area contributed by atoms with Crippen molar-refractivity contribution >= 4 is 28.4 Å². The molecule has 0 saturated carbocycles. The van der Waals surface area contributed by atoms with Gasteiger partial charge in [-0.15, -0.1) is 0 Å². The van der Waals surface area contributed by atoms with E-state index in [0.29, 0.717) is 6.61 Å². The lowest BCUT2D eigenvalue weighted by atomic mass is 9.77. The summed E-state index contributed by atoms with van der Waals surface area (Å²) in [5.41, 5.74) is 2.36. The number of fused-ring (bicyclic) bond motifs is 4. The van der Waals surface area contributed by atoms with Crippen LogP contribution >= 0.6 is 0 Å². The zero-order valence-electron chi connectivity index (χ0n) is 17.4. The normalized spacial score (nSPS) is 25.2. The molecule has 1 fully saturated rings. The number of para-hydroxylation sites is 1. The van der Waals surface area contributed by atoms with Gasteiger partial charge < -0.3 is 19.1 Å². The van der Waals surface area contributed by atoms with Crippen LogP contribution in [0.3, 0.4) is 0 Å². The number of ether oxygens (including phenoxy) is 3. The molecule has 0 bridgehead atoms. The number of aliphatic imine (C=N–C) groups is 1. The van der Waals surface area contributed by atoms with Gasteiger partial charge in [-0.05, 0) is 49.1 Å². The number of anilines is 1. The monoisotopic (exact) mass is 400 g/mol. The summed E-state index contributed by atoms with van der Waals surface area (Å²) in [5.74, 6) is 1.62. The fraction of sp³-hybridized carbons (Fsp3) is 0.320. The quantitative estimate of drug-likeness (QED) is 0.591. The topological polar surface area (TPSA) is 46.6 Å². The van der Waals surface area contributed by atoms with Crippen molar-refractivity contribution < 1.29 is 14.2 Å². The molecule has 3 aliphatic heterocycles. The van der Waals surface area contributed by atoms with Gasteiger partial charge in [0.05, 0.1) is 18.2 Å². The molecule has 0 N–H and O–H groups in total. The van der Waals surface area contributed by atoms with E-state index < -0.39 is 5.72 Å². The molecule has 3 aromatic carbocycles. The number of nitrogens with zero attached hydrogens (tertiary/aromatic N) is 2. The Morgan fingerprint density at radius 3 is 2.73 bits per heavy atom. The molecule has 1 saturated heterocycles. The van der Waals surface area contributed by atoms with Crippen LogP contribution in [0.25, 0.3) is 10.8 Å². The van der Waals surface area contributed by atoms with Crippen molar-refractivity contribution in [2.24, 2.45) is 4.99 Å². The van der Waals surface area contributed by atoms with Crippen molar-refractivity contribution in [2.45, 2.75) is 31.1 Å². The molecule has 3 aliphatic rings. The van der Waals surface area contributed by atoms with Gasteiger partial charge in [-0.2, -0.15) is 0 Å². The molecule has 30 heavy (non-hydrogen) atoms. The van der Waals surface area contributed by atoms with Gasteiger partial charge in [0.2, 0.25) is 5.72 Å². The second-order valence-electron chi connectivity index (χ2n) is 8.82. The van der Waals surface area contributed by atoms with Gasteiger partial charge in [-0.3, -0.25) is 4.99 Å². The lowest BCUT2D eigenvalue weighted by molar-refractivity contribution is 0.0826. The zero-order chi connectivity index (χ0) is 20.5. The van der Waals surface area contributed by atoms with Crippen LogP contribution < -0.4 is 14.4 Å². The molecule has 1 spiro atoms. The summed E-state index contributed by atoms with van der Waals surface area (Å²) in [5, 5.41) is 2.14. The molecule has 6 rings (SSSR count). The average molecular weight is 400 g/mol. The molecule has 0 aromatic heterocycles. The predicted molar refractivity (Wildman–Crippen MR) is 119 cm³/mol. The number of hydrogen-bond donors (Lipinski definition) is 0. The first-order valence-electron chi connectivity index (χ1n) is 10.4. The van der Waals surface area contributed by atoms with E-state index in [1.54, 1.807) is 0 Å². The third kappa shape index (κ3) is 2.36. The van der Waals surface area contributed by atoms with Crippen LogP contribution in [0.15, 0.2) is 59.6 Å². The van der Waals surface area contributed by atoms with Crippen molar-refractivity contribution in [3.05, 3.63) is 60.2 Å². The Morgan fingerprint density at radius 2 is 1.93 bits per heavy atom. The summed E-state index contributed by atoms with van der Waals surface area (Å²) >= 11 is 0. The Morgan fingerprint density at radius 1 is 1.13 bits per heavy atom. The van der Waals surface area contributed by atoms with Crippen LogP contribution in [-0.2, 0) is 10.2 Å². The van der Waals surface area contributed by atoms with E-state index >= 15 is 0 Å². The largest absolute Gasteiger partial charge is 0.491 e. The van der Waals surface area contributed by atoms with Crippen LogP contribution in [0.5, 0.6) is 11.5 Å². The molecular weight excluding hydrogens is 376 g/mol. The van der Waals surface area contributed by atoms with Crippen molar-refractivity contribution in [3.8, 4) is 11.5 Å². The number of benzene rings is 3. The lowest BCUT2D eigenvalue weighted by Crippen LogP contribution is -2.61. The van der Waals surface area contributed by atoms with Crippen LogP contribution in [-0.4, -0.2) is 38.3 Å². The smallest absolute Gasteiger partial charge is 0.228 e. The highest BCUT2D eigenvalue weighted by Crippen LogP contribution is 2.54. The minimum absolute atomic E-state index is 0.230. The van der Waals surface area contributed by atoms with E-state index in [-0.39, 0.29) is 11.5 Å². The predicted octanol–water partition coefficient (Wildman–Crippen LogP) is 4.84. The van der Waals surface area contributed by atoms with Crippen molar-refractivity contribution in [1.29, 1.82) is 0 Å². The fourth-order valence-corrected chi connectivity index (χ4v) is 4.80. The standard InChI is InChI=1S/C25H24N2O3/c1-24(2)20-6-4-5-7-21(20)27(3)25(24)15-26-23-19-12-17(28-13-18-14-29-18)10-8-16(19)9-11-22(23)30-25/h4-12,15,18H,13-14H2,1-3H3. The van der Waals surface area contributed by atoms with E-state index in [1.165, 1.54) is 11.3 Å². The molecule has 0 radical (unpaired) electrons. The lowest BCUT2D eigenvalue weighted by Gasteiger charge is -2.45. The van der Waals surface area contributed by atoms with E-state index in [9.17, 15) is 0 Å². The van der Waals surface area contributed by atoms with Crippen LogP contribution in [0.1, 0.15) is 19.4 Å². The van der Waals surface area contributed by atoms with Crippen molar-refractivity contribution in [1.82, 2.24) is 0 Å². The first kappa shape index (κ1) is 17.8. The second-order valence-corrected chi connectivity index (χ2v) is 8.82. The Labute approximate surface area is 175 Å². The van der Waals surface area contributed by atoms with Gasteiger partial charge >= 0.3 is 0 Å². The molecule has 3 aromatic rings. The fourth-order valence-electron chi connectivity index (χ4n) is 4.80. The highest BCUT2D eigenvalue weighted by Gasteiger charge is 2.58. The Kier molecular flexibility index (Phi) is 3.55. The molecule has 5 nitrogen and oxygen atoms in total. The van der Waals surface area contributed by atoms with Gasteiger partial charge in [0.15, 0.2) is 0 Å². The summed E-state index contributed by atoms with van der Waals surface area (Å²) < 4.78 is 17.9. The van der Waals surface area contributed by atoms with Crippen LogP contribution in [0.2, 0.25) is 0 Å². The molecule has 2 unspecified atom stereocenters. The van der Waals surface area contributed by atoms with Gasteiger partial charge in [0.25, 0.3) is 0 Å². The summed E-state index contributed by atoms with van der Waals surface area (Å²) in [6, 6.07) is 18.7. The van der Waals surface area contributed by atoms with Crippen LogP contribution in [0, 0.1) is 0 Å². The first-order valence-corrected chi connectivity index (χ1v) is 10.4. The van der Waals surface area contributed by atoms with E-state index in [2.05, 4.69) is 62.2 Å². The molecule has 2 atom stereocenters. The highest BCUT2D eigenvalue weighted by molar-refractivity contribution is 6.00. The summed E-state index contributed by atoms with van der Waals surface area (Å²) in [7, 11) is 2.08. The maximum absolute atomic E-state index is 6.76. The van der Waals surface area contributed by atoms with E-state index in [1.807, 2.05) is 24.4 Å². The molecular formula is C25H24N2O3. The van der Waals surface area contributed by atoms with Gasteiger partial charge in [0.1, 0.15) is 29.9 Å². The minimum atomic E-state index is -0.672. The average Bonchev–Trinajstić information content (AvgIpc) is 3.58. The number of hydrogen-bond acceptors (Lipinski definition) is 5. The molecule has 3 heterocycles. The first-order chi connectivity index (χ1) is 14.5. The Hall–Kier alpha value is -3.05. The molecule has 5 heteroatoms. The Bertz CT molecular complexity index is 1200. The van der Waals surface area contributed by atoms with Crippen molar-refractivity contribution in [2.75, 3.05) is 25.2 Å². The molecule has 0 aliphatic carbocycles. The maximum atomic E-state index is 6.76. The van der Waals surface area contributed by atoms with Crippen LogP contribution in [0.4, 0.5) is 11.4 Å². The Balaban J connectivity index is 1.43. The second kappa shape index (κ2) is 5.99. The number of rotatable bonds is 3. The molecule has 0 amide bonds. The summed E-state index contributed by atoms with van der Waals surface area (Å²) in [6.45, 7) is 5.81. The number of likely N-dealkylation sites (N-methyl/N-ethyl adjacent to an activating group) is 1. The van der Waals surface area contributed by atoms with Crippen molar-refractivity contribution in [3.63, 3.8) is 0 Å². The van der Waals surface area contributed by atoms with E-state index in [0.717, 1.165) is 34.6 Å². The van der Waals surface area contributed by atoms with Gasteiger partial charge in [0, 0.05) is 18.1 Å². The number of epoxide rings is 1. The van der Waals surface area contributed by atoms with Gasteiger partial charge in [-0.1, -0.05) is 30.3 Å². The summed E-state index contributed by atoms with van der Waals surface area (Å²) in [6.07, 6.45) is 2.20. The third-order valence-electron chi connectivity index (χ3n) is 6.73. The molecule has 152 valence electrons.